The monoisotopic (exact) mass is 188 g/mol. The topological polar surface area (TPSA) is 75.8 Å². The molecule has 1 unspecified atom stereocenters. The van der Waals surface area contributed by atoms with E-state index in [2.05, 4.69) is 0 Å². The van der Waals surface area contributed by atoms with Crippen molar-refractivity contribution in [3.8, 4) is 0 Å². The maximum Gasteiger partial charge on any atom is 0.251 e. The second-order valence-corrected chi connectivity index (χ2v) is 3.03. The Bertz CT molecular complexity index is 169. The molecule has 0 radical (unpaired) electrons. The van der Waals surface area contributed by atoms with Gasteiger partial charge in [-0.2, -0.15) is 0 Å². The summed E-state index contributed by atoms with van der Waals surface area (Å²) in [5, 5.41) is 9.36. The fourth-order valence-corrected chi connectivity index (χ4v) is 1.28. The van der Waals surface area contributed by atoms with Gasteiger partial charge in [-0.05, 0) is 13.0 Å². The molecule has 0 aromatic carbocycles. The molecule has 1 aliphatic rings. The van der Waals surface area contributed by atoms with Gasteiger partial charge in [-0.25, -0.2) is 0 Å². The molecule has 1 amide bonds. The summed E-state index contributed by atoms with van der Waals surface area (Å²) >= 11 is 0. The zero-order valence-electron chi connectivity index (χ0n) is 7.61. The van der Waals surface area contributed by atoms with Crippen molar-refractivity contribution in [3.05, 3.63) is 0 Å². The Labute approximate surface area is 77.5 Å². The molecular weight excluding hydrogens is 172 g/mol. The van der Waals surface area contributed by atoms with E-state index >= 15 is 0 Å². The number of hydrogen-bond donors (Lipinski definition) is 2. The van der Waals surface area contributed by atoms with Crippen LogP contribution < -0.4 is 5.73 Å². The minimum absolute atomic E-state index is 0.228. The lowest BCUT2D eigenvalue weighted by Gasteiger charge is -2.28. The minimum Gasteiger partial charge on any atom is -0.383 e. The van der Waals surface area contributed by atoms with Gasteiger partial charge in [0.1, 0.15) is 6.10 Å². The Morgan fingerprint density at radius 1 is 1.54 bits per heavy atom. The number of carbonyl (C=O) groups excluding carboxylic acids is 1. The second kappa shape index (κ2) is 5.16. The summed E-state index contributed by atoms with van der Waals surface area (Å²) < 4.78 is 5.09. The molecule has 0 aromatic rings. The van der Waals surface area contributed by atoms with Crippen molar-refractivity contribution in [1.29, 1.82) is 0 Å². The summed E-state index contributed by atoms with van der Waals surface area (Å²) in [5.74, 6) is -0.228. The summed E-state index contributed by atoms with van der Waals surface area (Å²) in [6.07, 6.45) is -0.612. The normalized spacial score (nSPS) is 20.0. The maximum absolute atomic E-state index is 11.5. The summed E-state index contributed by atoms with van der Waals surface area (Å²) in [4.78, 5) is 13.1. The molecule has 5 heteroatoms. The van der Waals surface area contributed by atoms with E-state index in [1.54, 1.807) is 4.90 Å². The van der Waals surface area contributed by atoms with Crippen molar-refractivity contribution in [1.82, 2.24) is 4.90 Å². The van der Waals surface area contributed by atoms with Gasteiger partial charge in [-0.3, -0.25) is 4.79 Å². The van der Waals surface area contributed by atoms with Crippen molar-refractivity contribution in [2.45, 2.75) is 12.5 Å². The number of aliphatic hydroxyl groups is 1. The third-order valence-corrected chi connectivity index (χ3v) is 2.05. The van der Waals surface area contributed by atoms with Gasteiger partial charge >= 0.3 is 0 Å². The highest BCUT2D eigenvalue weighted by Crippen LogP contribution is 2.02. The lowest BCUT2D eigenvalue weighted by Crippen LogP contribution is -2.46. The molecule has 1 heterocycles. The van der Waals surface area contributed by atoms with Crippen LogP contribution in [-0.2, 0) is 9.53 Å². The highest BCUT2D eigenvalue weighted by atomic mass is 16.5. The first-order valence-electron chi connectivity index (χ1n) is 4.50. The van der Waals surface area contributed by atoms with Crippen LogP contribution in [0, 0.1) is 0 Å². The predicted octanol–water partition coefficient (Wildman–Crippen LogP) is -1.45. The molecule has 0 aromatic heterocycles. The molecule has 0 saturated carbocycles. The molecule has 1 fully saturated rings. The van der Waals surface area contributed by atoms with Crippen LogP contribution in [0.2, 0.25) is 0 Å². The molecule has 0 spiro atoms. The van der Waals surface area contributed by atoms with E-state index in [1.807, 2.05) is 0 Å². The van der Waals surface area contributed by atoms with E-state index in [9.17, 15) is 9.90 Å². The Morgan fingerprint density at radius 3 is 2.69 bits per heavy atom. The third-order valence-electron chi connectivity index (χ3n) is 2.05. The number of carbonyl (C=O) groups is 1. The van der Waals surface area contributed by atoms with Crippen LogP contribution in [0.4, 0.5) is 0 Å². The molecule has 1 saturated heterocycles. The molecule has 0 bridgehead atoms. The molecule has 5 nitrogen and oxygen atoms in total. The molecule has 1 aliphatic heterocycles. The zero-order chi connectivity index (χ0) is 9.68. The number of morpholine rings is 1. The molecule has 1 rings (SSSR count). The fraction of sp³-hybridized carbons (Fsp3) is 0.875. The molecule has 0 aliphatic carbocycles. The van der Waals surface area contributed by atoms with E-state index in [0.29, 0.717) is 39.3 Å². The maximum atomic E-state index is 11.5. The number of nitrogens with two attached hydrogens (primary N) is 1. The first-order chi connectivity index (χ1) is 6.25. The van der Waals surface area contributed by atoms with Crippen LogP contribution in [0.3, 0.4) is 0 Å². The highest BCUT2D eigenvalue weighted by molar-refractivity contribution is 5.80. The Hall–Kier alpha value is -0.650. The van der Waals surface area contributed by atoms with Gasteiger partial charge in [0.15, 0.2) is 0 Å². The number of nitrogens with zero attached hydrogens (tertiary/aromatic N) is 1. The number of aliphatic hydroxyl groups excluding tert-OH is 1. The van der Waals surface area contributed by atoms with Crippen molar-refractivity contribution < 1.29 is 14.6 Å². The highest BCUT2D eigenvalue weighted by Gasteiger charge is 2.22. The van der Waals surface area contributed by atoms with Gasteiger partial charge in [0.25, 0.3) is 5.91 Å². The van der Waals surface area contributed by atoms with E-state index in [4.69, 9.17) is 10.5 Å². The van der Waals surface area contributed by atoms with Crippen LogP contribution in [0.1, 0.15) is 6.42 Å². The van der Waals surface area contributed by atoms with E-state index in [1.165, 1.54) is 0 Å². The van der Waals surface area contributed by atoms with E-state index in [0.717, 1.165) is 0 Å². The molecule has 13 heavy (non-hydrogen) atoms. The number of rotatable bonds is 3. The van der Waals surface area contributed by atoms with Gasteiger partial charge in [0, 0.05) is 13.1 Å². The predicted molar refractivity (Wildman–Crippen MR) is 47.1 cm³/mol. The minimum atomic E-state index is -0.942. The lowest BCUT2D eigenvalue weighted by molar-refractivity contribution is -0.144. The van der Waals surface area contributed by atoms with Crippen molar-refractivity contribution >= 4 is 5.91 Å². The summed E-state index contributed by atoms with van der Waals surface area (Å²) in [6, 6.07) is 0. The third kappa shape index (κ3) is 2.95. The first kappa shape index (κ1) is 10.4. The number of ether oxygens (including phenoxy) is 1. The van der Waals surface area contributed by atoms with Crippen LogP contribution in [-0.4, -0.2) is 54.9 Å². The van der Waals surface area contributed by atoms with E-state index in [-0.39, 0.29) is 5.91 Å². The molecule has 76 valence electrons. The smallest absolute Gasteiger partial charge is 0.251 e. The average molecular weight is 188 g/mol. The number of hydrogen-bond acceptors (Lipinski definition) is 4. The summed E-state index contributed by atoms with van der Waals surface area (Å²) in [5.41, 5.74) is 5.24. The van der Waals surface area contributed by atoms with Gasteiger partial charge in [0.05, 0.1) is 13.2 Å². The largest absolute Gasteiger partial charge is 0.383 e. The molecular formula is C8H16N2O3. The SMILES string of the molecule is NCCC(O)C(=O)N1CCOCC1. The summed E-state index contributed by atoms with van der Waals surface area (Å²) in [6.45, 7) is 2.58. The zero-order valence-corrected chi connectivity index (χ0v) is 7.61. The summed E-state index contributed by atoms with van der Waals surface area (Å²) in [7, 11) is 0. The Morgan fingerprint density at radius 2 is 2.15 bits per heavy atom. The van der Waals surface area contributed by atoms with Crippen molar-refractivity contribution in [2.24, 2.45) is 5.73 Å². The number of amides is 1. The lowest BCUT2D eigenvalue weighted by atomic mass is 10.2. The Balaban J connectivity index is 2.36. The fourth-order valence-electron chi connectivity index (χ4n) is 1.28. The van der Waals surface area contributed by atoms with Gasteiger partial charge in [-0.15, -0.1) is 0 Å². The van der Waals surface area contributed by atoms with Crippen LogP contribution in [0.15, 0.2) is 0 Å². The van der Waals surface area contributed by atoms with Gasteiger partial charge < -0.3 is 20.5 Å². The second-order valence-electron chi connectivity index (χ2n) is 3.03. The van der Waals surface area contributed by atoms with Crippen LogP contribution in [0.25, 0.3) is 0 Å². The van der Waals surface area contributed by atoms with Crippen molar-refractivity contribution in [2.75, 3.05) is 32.8 Å². The van der Waals surface area contributed by atoms with Crippen LogP contribution in [0.5, 0.6) is 0 Å². The standard InChI is InChI=1S/C8H16N2O3/c9-2-1-7(11)8(12)10-3-5-13-6-4-10/h7,11H,1-6,9H2. The molecule has 1 atom stereocenters. The van der Waals surface area contributed by atoms with Gasteiger partial charge in [0.2, 0.25) is 0 Å². The quantitative estimate of drug-likeness (QED) is 0.568. The first-order valence-corrected chi connectivity index (χ1v) is 4.50. The average Bonchev–Trinajstić information content (AvgIpc) is 2.18. The van der Waals surface area contributed by atoms with Gasteiger partial charge in [-0.1, -0.05) is 0 Å². The molecule has 3 N–H and O–H groups in total. The van der Waals surface area contributed by atoms with E-state index < -0.39 is 6.10 Å². The van der Waals surface area contributed by atoms with Crippen LogP contribution >= 0.6 is 0 Å². The van der Waals surface area contributed by atoms with Crippen molar-refractivity contribution in [3.63, 3.8) is 0 Å². The Kier molecular flexibility index (Phi) is 4.14.